The second-order valence-corrected chi connectivity index (χ2v) is 3.72. The molecular weight excluding hydrogens is 168 g/mol. The number of rotatable bonds is 1. The molecule has 0 atom stereocenters. The van der Waals surface area contributed by atoms with Crippen LogP contribution in [0.1, 0.15) is 25.2 Å². The van der Waals surface area contributed by atoms with E-state index in [0.29, 0.717) is 6.04 Å². The van der Waals surface area contributed by atoms with E-state index in [-0.39, 0.29) is 5.88 Å². The zero-order valence-corrected chi connectivity index (χ0v) is 7.95. The number of hydrogen-bond acceptors (Lipinski definition) is 4. The van der Waals surface area contributed by atoms with Crippen molar-refractivity contribution in [2.24, 2.45) is 0 Å². The normalized spacial score (nSPS) is 17.8. The van der Waals surface area contributed by atoms with E-state index in [9.17, 15) is 5.11 Å². The van der Waals surface area contributed by atoms with Gasteiger partial charge in [0.25, 0.3) is 5.88 Å². The number of aromatic hydroxyl groups is 1. The minimum atomic E-state index is 0.0559. The van der Waals surface area contributed by atoms with Gasteiger partial charge in [-0.25, -0.2) is 0 Å². The molecule has 0 radical (unpaired) electrons. The molecular formula is C9H14N2O2. The van der Waals surface area contributed by atoms with Gasteiger partial charge < -0.3 is 9.63 Å². The Morgan fingerprint density at radius 2 is 2.31 bits per heavy atom. The molecule has 72 valence electrons. The lowest BCUT2D eigenvalue weighted by molar-refractivity contribution is 0.191. The summed E-state index contributed by atoms with van der Waals surface area (Å²) in [5, 5.41) is 12.9. The molecule has 1 aromatic rings. The van der Waals surface area contributed by atoms with Crippen LogP contribution >= 0.6 is 0 Å². The highest BCUT2D eigenvalue weighted by Gasteiger charge is 2.24. The molecule has 0 fully saturated rings. The SMILES string of the molecule is CC(C)N1CCc2onc(O)c2C1. The lowest BCUT2D eigenvalue weighted by atomic mass is 10.1. The fourth-order valence-corrected chi connectivity index (χ4v) is 1.66. The van der Waals surface area contributed by atoms with Gasteiger partial charge in [-0.15, -0.1) is 0 Å². The molecule has 4 heteroatoms. The molecule has 0 unspecified atom stereocenters. The van der Waals surface area contributed by atoms with Gasteiger partial charge in [0.2, 0.25) is 0 Å². The summed E-state index contributed by atoms with van der Waals surface area (Å²) < 4.78 is 4.99. The summed E-state index contributed by atoms with van der Waals surface area (Å²) in [5.41, 5.74) is 0.861. The van der Waals surface area contributed by atoms with Crippen molar-refractivity contribution in [2.45, 2.75) is 32.9 Å². The van der Waals surface area contributed by atoms with Gasteiger partial charge in [0.05, 0.1) is 5.56 Å². The van der Waals surface area contributed by atoms with Crippen molar-refractivity contribution in [3.05, 3.63) is 11.3 Å². The van der Waals surface area contributed by atoms with Crippen LogP contribution in [0.15, 0.2) is 4.52 Å². The van der Waals surface area contributed by atoms with E-state index in [1.165, 1.54) is 0 Å². The quantitative estimate of drug-likeness (QED) is 0.707. The predicted octanol–water partition coefficient (Wildman–Crippen LogP) is 1.15. The molecule has 1 aromatic heterocycles. The van der Waals surface area contributed by atoms with Crippen molar-refractivity contribution in [1.82, 2.24) is 10.1 Å². The first-order valence-electron chi connectivity index (χ1n) is 4.59. The first-order chi connectivity index (χ1) is 6.18. The smallest absolute Gasteiger partial charge is 0.256 e. The first-order valence-corrected chi connectivity index (χ1v) is 4.59. The maximum absolute atomic E-state index is 9.36. The highest BCUT2D eigenvalue weighted by atomic mass is 16.5. The molecule has 0 bridgehead atoms. The zero-order valence-electron chi connectivity index (χ0n) is 7.95. The maximum Gasteiger partial charge on any atom is 0.256 e. The van der Waals surface area contributed by atoms with Crippen molar-refractivity contribution in [2.75, 3.05) is 6.54 Å². The molecule has 13 heavy (non-hydrogen) atoms. The molecule has 0 aromatic carbocycles. The molecule has 0 spiro atoms. The summed E-state index contributed by atoms with van der Waals surface area (Å²) >= 11 is 0. The fraction of sp³-hybridized carbons (Fsp3) is 0.667. The van der Waals surface area contributed by atoms with Crippen molar-refractivity contribution < 1.29 is 9.63 Å². The number of aromatic nitrogens is 1. The zero-order chi connectivity index (χ0) is 9.42. The number of fused-ring (bicyclic) bond motifs is 1. The standard InChI is InChI=1S/C9H14N2O2/c1-6(2)11-4-3-8-7(5-11)9(12)10-13-8/h6H,3-5H2,1-2H3,(H,10,12). The molecule has 2 heterocycles. The molecule has 0 saturated heterocycles. The fourth-order valence-electron chi connectivity index (χ4n) is 1.66. The van der Waals surface area contributed by atoms with Crippen LogP contribution in [-0.4, -0.2) is 27.7 Å². The summed E-state index contributed by atoms with van der Waals surface area (Å²) in [7, 11) is 0. The van der Waals surface area contributed by atoms with Gasteiger partial charge in [-0.1, -0.05) is 0 Å². The van der Waals surface area contributed by atoms with Gasteiger partial charge in [-0.3, -0.25) is 4.90 Å². The molecule has 2 rings (SSSR count). The summed E-state index contributed by atoms with van der Waals surface area (Å²) in [6.45, 7) is 6.03. The van der Waals surface area contributed by atoms with Crippen LogP contribution in [0.3, 0.4) is 0 Å². The first kappa shape index (κ1) is 8.56. The monoisotopic (exact) mass is 182 g/mol. The molecule has 1 aliphatic heterocycles. The third-order valence-corrected chi connectivity index (χ3v) is 2.57. The second kappa shape index (κ2) is 3.03. The van der Waals surface area contributed by atoms with E-state index in [1.54, 1.807) is 0 Å². The molecule has 4 nitrogen and oxygen atoms in total. The third-order valence-electron chi connectivity index (χ3n) is 2.57. The lowest BCUT2D eigenvalue weighted by Gasteiger charge is -2.28. The minimum absolute atomic E-state index is 0.0559. The van der Waals surface area contributed by atoms with E-state index in [4.69, 9.17) is 4.52 Å². The van der Waals surface area contributed by atoms with E-state index in [2.05, 4.69) is 23.9 Å². The van der Waals surface area contributed by atoms with Gasteiger partial charge in [0.15, 0.2) is 0 Å². The van der Waals surface area contributed by atoms with Gasteiger partial charge in [-0.05, 0) is 19.0 Å². The van der Waals surface area contributed by atoms with Crippen molar-refractivity contribution >= 4 is 0 Å². The van der Waals surface area contributed by atoms with E-state index < -0.39 is 0 Å². The predicted molar refractivity (Wildman–Crippen MR) is 47.4 cm³/mol. The molecule has 1 N–H and O–H groups in total. The average molecular weight is 182 g/mol. The largest absolute Gasteiger partial charge is 0.491 e. The van der Waals surface area contributed by atoms with Crippen LogP contribution in [0.2, 0.25) is 0 Å². The van der Waals surface area contributed by atoms with Crippen LogP contribution in [-0.2, 0) is 13.0 Å². The van der Waals surface area contributed by atoms with Crippen LogP contribution in [0.25, 0.3) is 0 Å². The summed E-state index contributed by atoms with van der Waals surface area (Å²) in [6.07, 6.45) is 0.848. The Kier molecular flexibility index (Phi) is 2.00. The maximum atomic E-state index is 9.36. The van der Waals surface area contributed by atoms with Gasteiger partial charge in [0.1, 0.15) is 5.76 Å². The highest BCUT2D eigenvalue weighted by Crippen LogP contribution is 2.27. The number of hydrogen-bond donors (Lipinski definition) is 1. The van der Waals surface area contributed by atoms with Crippen LogP contribution in [0.5, 0.6) is 5.88 Å². The Hall–Kier alpha value is -1.03. The molecule has 0 amide bonds. The Labute approximate surface area is 77.1 Å². The van der Waals surface area contributed by atoms with Gasteiger partial charge in [-0.2, -0.15) is 0 Å². The van der Waals surface area contributed by atoms with E-state index >= 15 is 0 Å². The highest BCUT2D eigenvalue weighted by molar-refractivity contribution is 5.28. The summed E-state index contributed by atoms with van der Waals surface area (Å²) in [4.78, 5) is 2.29. The van der Waals surface area contributed by atoms with Gasteiger partial charge >= 0.3 is 0 Å². The Balaban J connectivity index is 2.22. The van der Waals surface area contributed by atoms with Crippen LogP contribution in [0.4, 0.5) is 0 Å². The molecule has 0 aliphatic carbocycles. The van der Waals surface area contributed by atoms with Gasteiger partial charge in [0, 0.05) is 25.6 Å². The summed E-state index contributed by atoms with van der Waals surface area (Å²) in [5.74, 6) is 0.898. The number of nitrogens with zero attached hydrogens (tertiary/aromatic N) is 2. The van der Waals surface area contributed by atoms with Crippen LogP contribution < -0.4 is 0 Å². The Morgan fingerprint density at radius 1 is 1.54 bits per heavy atom. The van der Waals surface area contributed by atoms with Crippen LogP contribution in [0, 0.1) is 0 Å². The second-order valence-electron chi connectivity index (χ2n) is 3.72. The van der Waals surface area contributed by atoms with Crippen molar-refractivity contribution in [3.8, 4) is 5.88 Å². The summed E-state index contributed by atoms with van der Waals surface area (Å²) in [6, 6.07) is 0.502. The molecule has 0 saturated carbocycles. The van der Waals surface area contributed by atoms with E-state index in [0.717, 1.165) is 30.8 Å². The third kappa shape index (κ3) is 1.42. The minimum Gasteiger partial charge on any atom is -0.491 e. The lowest BCUT2D eigenvalue weighted by Crippen LogP contribution is -2.35. The van der Waals surface area contributed by atoms with Crippen molar-refractivity contribution in [1.29, 1.82) is 0 Å². The van der Waals surface area contributed by atoms with E-state index in [1.807, 2.05) is 0 Å². The van der Waals surface area contributed by atoms with Crippen molar-refractivity contribution in [3.63, 3.8) is 0 Å². The Morgan fingerprint density at radius 3 is 3.00 bits per heavy atom. The Bertz CT molecular complexity index is 307. The molecule has 1 aliphatic rings. The average Bonchev–Trinajstić information content (AvgIpc) is 2.47. The topological polar surface area (TPSA) is 49.5 Å².